The van der Waals surface area contributed by atoms with Gasteiger partial charge in [-0.25, -0.2) is 0 Å². The van der Waals surface area contributed by atoms with Gasteiger partial charge in [-0.2, -0.15) is 0 Å². The first-order valence-corrected chi connectivity index (χ1v) is 19.9. The monoisotopic (exact) mass is 410 g/mol. The summed E-state index contributed by atoms with van der Waals surface area (Å²) < 4.78 is 29.4. The Hall–Kier alpha value is 0.178. The predicted octanol–water partition coefficient (Wildman–Crippen LogP) is 3.98. The van der Waals surface area contributed by atoms with Crippen molar-refractivity contribution in [3.8, 4) is 0 Å². The molecule has 2 fully saturated rings. The van der Waals surface area contributed by atoms with Crippen LogP contribution >= 0.6 is 0 Å². The minimum absolute atomic E-state index is 0.0255. The Morgan fingerprint density at radius 3 is 1.38 bits per heavy atom. The number of hydrogen-bond donors (Lipinski definition) is 0. The normalized spacial score (nSPS) is 28.2. The van der Waals surface area contributed by atoms with Gasteiger partial charge in [0, 0.05) is 6.42 Å². The Bertz CT molecular complexity index is 357. The molecule has 2 heterocycles. The number of cyclic esters (lactones) is 1. The third-order valence-electron chi connectivity index (χ3n) is 3.25. The SMILES string of the molecule is C[Si]1(C)O[Si](C)(C)O[Si](C)(C)O[Si](C)(C)O1.O=C1CCCCCO1. The van der Waals surface area contributed by atoms with Crippen molar-refractivity contribution in [1.82, 2.24) is 0 Å². The summed E-state index contributed by atoms with van der Waals surface area (Å²) in [5, 5.41) is 0. The van der Waals surface area contributed by atoms with Crippen LogP contribution < -0.4 is 0 Å². The number of rotatable bonds is 0. The lowest BCUT2D eigenvalue weighted by atomic mass is 10.2. The van der Waals surface area contributed by atoms with Crippen LogP contribution in [0.1, 0.15) is 25.7 Å². The summed E-state index contributed by atoms with van der Waals surface area (Å²) in [6, 6.07) is 0. The highest BCUT2D eigenvalue weighted by Crippen LogP contribution is 2.30. The van der Waals surface area contributed by atoms with Gasteiger partial charge in [-0.1, -0.05) is 0 Å². The molecule has 0 aliphatic carbocycles. The maximum absolute atomic E-state index is 10.5. The van der Waals surface area contributed by atoms with Crippen LogP contribution in [-0.2, 0) is 26.0 Å². The lowest BCUT2D eigenvalue weighted by Gasteiger charge is -2.46. The molecule has 0 saturated carbocycles. The van der Waals surface area contributed by atoms with Crippen LogP contribution in [0.25, 0.3) is 0 Å². The van der Waals surface area contributed by atoms with E-state index in [1.807, 2.05) is 0 Å². The molecule has 0 spiro atoms. The molecule has 24 heavy (non-hydrogen) atoms. The molecule has 0 unspecified atom stereocenters. The van der Waals surface area contributed by atoms with Gasteiger partial charge in [0.25, 0.3) is 0 Å². The molecule has 0 N–H and O–H groups in total. The number of carbonyl (C=O) groups excluding carboxylic acids is 1. The topological polar surface area (TPSA) is 63.2 Å². The molecule has 2 rings (SSSR count). The molecular formula is C14H34O6Si4. The predicted molar refractivity (Wildman–Crippen MR) is 104 cm³/mol. The maximum Gasteiger partial charge on any atom is 0.314 e. The van der Waals surface area contributed by atoms with Crippen LogP contribution in [0.5, 0.6) is 0 Å². The highest BCUT2D eigenvalue weighted by molar-refractivity contribution is 6.92. The van der Waals surface area contributed by atoms with Crippen LogP contribution in [0.4, 0.5) is 0 Å². The summed E-state index contributed by atoms with van der Waals surface area (Å²) in [5.41, 5.74) is 0. The van der Waals surface area contributed by atoms with Gasteiger partial charge >= 0.3 is 40.2 Å². The zero-order chi connectivity index (χ0) is 18.6. The van der Waals surface area contributed by atoms with Crippen molar-refractivity contribution in [3.63, 3.8) is 0 Å². The van der Waals surface area contributed by atoms with Gasteiger partial charge in [-0.3, -0.25) is 4.79 Å². The molecule has 10 heteroatoms. The van der Waals surface area contributed by atoms with Crippen molar-refractivity contribution < 1.29 is 26.0 Å². The van der Waals surface area contributed by atoms with Crippen molar-refractivity contribution >= 4 is 40.2 Å². The van der Waals surface area contributed by atoms with E-state index in [1.165, 1.54) is 0 Å². The molecule has 6 nitrogen and oxygen atoms in total. The van der Waals surface area contributed by atoms with Gasteiger partial charge in [0.2, 0.25) is 0 Å². The second-order valence-electron chi connectivity index (χ2n) is 8.04. The van der Waals surface area contributed by atoms with E-state index in [0.29, 0.717) is 13.0 Å². The smallest absolute Gasteiger partial charge is 0.314 e. The fraction of sp³-hybridized carbons (Fsp3) is 0.929. The average Bonchev–Trinajstić information content (AvgIpc) is 2.48. The van der Waals surface area contributed by atoms with Gasteiger partial charge in [-0.05, 0) is 71.6 Å². The molecule has 0 amide bonds. The van der Waals surface area contributed by atoms with E-state index in [9.17, 15) is 4.79 Å². The number of esters is 1. The van der Waals surface area contributed by atoms with Crippen molar-refractivity contribution in [2.45, 2.75) is 78.1 Å². The molecule has 0 aromatic rings. The van der Waals surface area contributed by atoms with Gasteiger partial charge in [0.05, 0.1) is 6.61 Å². The molecule has 0 aromatic carbocycles. The fourth-order valence-electron chi connectivity index (χ4n) is 3.26. The summed E-state index contributed by atoms with van der Waals surface area (Å²) in [4.78, 5) is 10.5. The number of hydrogen-bond acceptors (Lipinski definition) is 6. The van der Waals surface area contributed by atoms with Gasteiger partial charge in [-0.15, -0.1) is 0 Å². The Labute approximate surface area is 151 Å². The van der Waals surface area contributed by atoms with E-state index >= 15 is 0 Å². The molecule has 0 radical (unpaired) electrons. The summed E-state index contributed by atoms with van der Waals surface area (Å²) in [6.07, 6.45) is 3.83. The van der Waals surface area contributed by atoms with E-state index in [2.05, 4.69) is 52.4 Å². The summed E-state index contributed by atoms with van der Waals surface area (Å²) in [6.45, 7) is 17.2. The van der Waals surface area contributed by atoms with Crippen molar-refractivity contribution in [1.29, 1.82) is 0 Å². The lowest BCUT2D eigenvalue weighted by molar-refractivity contribution is -0.142. The zero-order valence-corrected chi connectivity index (χ0v) is 20.5. The molecule has 142 valence electrons. The summed E-state index contributed by atoms with van der Waals surface area (Å²) >= 11 is 0. The van der Waals surface area contributed by atoms with Gasteiger partial charge in [0.15, 0.2) is 0 Å². The van der Waals surface area contributed by atoms with Crippen LogP contribution in [0, 0.1) is 0 Å². The van der Waals surface area contributed by atoms with Gasteiger partial charge < -0.3 is 21.2 Å². The molecule has 2 aliphatic heterocycles. The quantitative estimate of drug-likeness (QED) is 0.444. The van der Waals surface area contributed by atoms with E-state index in [0.717, 1.165) is 19.3 Å². The van der Waals surface area contributed by atoms with Crippen LogP contribution in [0.3, 0.4) is 0 Å². The highest BCUT2D eigenvalue weighted by atomic mass is 28.5. The maximum atomic E-state index is 10.5. The first-order chi connectivity index (χ1) is 10.7. The standard InChI is InChI=1S/C8H24O4Si4.C6H10O2/c1-13(2)9-14(3,4)11-16(7,8)12-15(5,6)10-13;7-6-4-2-1-3-5-8-6/h1-8H3;1-5H2. The van der Waals surface area contributed by atoms with Crippen molar-refractivity contribution in [2.75, 3.05) is 6.61 Å². The van der Waals surface area contributed by atoms with Crippen LogP contribution in [-0.4, -0.2) is 46.8 Å². The van der Waals surface area contributed by atoms with Crippen LogP contribution in [0.15, 0.2) is 0 Å². The minimum Gasteiger partial charge on any atom is -0.466 e. The molecular weight excluding hydrogens is 376 g/mol. The third-order valence-corrected chi connectivity index (χ3v) is 19.0. The molecule has 2 aliphatic rings. The third kappa shape index (κ3) is 9.04. The van der Waals surface area contributed by atoms with Crippen molar-refractivity contribution in [3.05, 3.63) is 0 Å². The highest BCUT2D eigenvalue weighted by Gasteiger charge is 2.50. The second kappa shape index (κ2) is 8.25. The second-order valence-corrected chi connectivity index (χ2v) is 22.5. The molecule has 0 atom stereocenters. The summed E-state index contributed by atoms with van der Waals surface area (Å²) in [5.74, 6) is -0.0255. The first-order valence-electron chi connectivity index (χ1n) is 8.68. The lowest BCUT2D eigenvalue weighted by Crippen LogP contribution is -2.64. The Morgan fingerprint density at radius 1 is 0.625 bits per heavy atom. The number of ether oxygens (including phenoxy) is 1. The van der Waals surface area contributed by atoms with E-state index in [1.54, 1.807) is 0 Å². The van der Waals surface area contributed by atoms with E-state index in [4.69, 9.17) is 21.2 Å². The van der Waals surface area contributed by atoms with E-state index < -0.39 is 34.2 Å². The van der Waals surface area contributed by atoms with Gasteiger partial charge in [0.1, 0.15) is 0 Å². The minimum atomic E-state index is -2.11. The summed E-state index contributed by atoms with van der Waals surface area (Å²) in [7, 11) is -8.44. The Balaban J connectivity index is 0.000000300. The molecule has 2 saturated heterocycles. The fourth-order valence-corrected chi connectivity index (χ4v) is 24.4. The molecule has 0 aromatic heterocycles. The first kappa shape index (κ1) is 22.2. The number of carbonyl (C=O) groups is 1. The Kier molecular flexibility index (Phi) is 7.64. The Morgan fingerprint density at radius 2 is 1.00 bits per heavy atom. The average molecular weight is 411 g/mol. The van der Waals surface area contributed by atoms with E-state index in [-0.39, 0.29) is 5.97 Å². The zero-order valence-electron chi connectivity index (χ0n) is 16.5. The largest absolute Gasteiger partial charge is 0.466 e. The van der Waals surface area contributed by atoms with Crippen molar-refractivity contribution in [2.24, 2.45) is 0 Å². The molecule has 0 bridgehead atoms. The van der Waals surface area contributed by atoms with Crippen LogP contribution in [0.2, 0.25) is 52.4 Å².